The van der Waals surface area contributed by atoms with E-state index in [0.717, 1.165) is 5.66 Å². The van der Waals surface area contributed by atoms with Gasteiger partial charge < -0.3 is 0 Å². The lowest BCUT2D eigenvalue weighted by atomic mass is 10.3. The fourth-order valence-electron chi connectivity index (χ4n) is 0.849. The molecule has 0 aromatic rings. The molecule has 0 spiro atoms. The van der Waals surface area contributed by atoms with Crippen LogP contribution in [0.15, 0.2) is 0 Å². The first-order valence-corrected chi connectivity index (χ1v) is 5.78. The van der Waals surface area contributed by atoms with E-state index in [2.05, 4.69) is 20.8 Å². The lowest BCUT2D eigenvalue weighted by Crippen LogP contribution is -2.09. The van der Waals surface area contributed by atoms with Gasteiger partial charge in [0.05, 0.1) is 0 Å². The van der Waals surface area contributed by atoms with Crippen molar-refractivity contribution >= 4 is 18.5 Å². The average Bonchev–Trinajstić information content (AvgIpc) is 2.40. The lowest BCUT2D eigenvalue weighted by Gasteiger charge is -2.24. The van der Waals surface area contributed by atoms with Crippen LogP contribution in [-0.2, 0) is 0 Å². The predicted octanol–water partition coefficient (Wildman–Crippen LogP) is 3.58. The second kappa shape index (κ2) is 2.40. The van der Waals surface area contributed by atoms with Crippen LogP contribution >= 0.6 is 18.5 Å². The molecule has 1 atom stereocenters. The second-order valence-electron chi connectivity index (χ2n) is 3.71. The minimum atomic E-state index is -0.197. The maximum atomic E-state index is 6.22. The molecule has 0 saturated heterocycles. The van der Waals surface area contributed by atoms with Gasteiger partial charge in [-0.2, -0.15) is 0 Å². The van der Waals surface area contributed by atoms with Crippen molar-refractivity contribution in [3.63, 3.8) is 0 Å². The molecule has 2 heteroatoms. The van der Waals surface area contributed by atoms with Crippen molar-refractivity contribution in [2.24, 2.45) is 0 Å². The van der Waals surface area contributed by atoms with Gasteiger partial charge in [0, 0.05) is 0 Å². The van der Waals surface area contributed by atoms with Crippen molar-refractivity contribution in [3.05, 3.63) is 0 Å². The number of rotatable bonds is 1. The molecule has 1 unspecified atom stereocenters. The summed E-state index contributed by atoms with van der Waals surface area (Å²) in [5, 5.41) is 0.373. The number of halogens is 1. The van der Waals surface area contributed by atoms with Crippen LogP contribution in [-0.4, -0.2) is 10.8 Å². The van der Waals surface area contributed by atoms with Crippen molar-refractivity contribution in [2.45, 2.75) is 44.4 Å². The zero-order valence-corrected chi connectivity index (χ0v) is 7.97. The monoisotopic (exact) mass is 164 g/mol. The zero-order valence-electron chi connectivity index (χ0n) is 6.32. The van der Waals surface area contributed by atoms with Gasteiger partial charge in [0.25, 0.3) is 0 Å². The van der Waals surface area contributed by atoms with Crippen LogP contribution < -0.4 is 0 Å². The Bertz CT molecular complexity index is 102. The Labute approximate surface area is 63.5 Å². The summed E-state index contributed by atoms with van der Waals surface area (Å²) < 4.78 is 0. The third kappa shape index (κ3) is 2.09. The van der Waals surface area contributed by atoms with Crippen LogP contribution in [0, 0.1) is 0 Å². The van der Waals surface area contributed by atoms with Gasteiger partial charge in [0.15, 0.2) is 0 Å². The number of hydrogen-bond donors (Lipinski definition) is 0. The summed E-state index contributed by atoms with van der Waals surface area (Å²) in [6, 6.07) is 0. The van der Waals surface area contributed by atoms with Gasteiger partial charge in [0.2, 0.25) is 0 Å². The molecule has 1 fully saturated rings. The molecule has 0 radical (unpaired) electrons. The van der Waals surface area contributed by atoms with Crippen LogP contribution in [0.2, 0.25) is 0 Å². The van der Waals surface area contributed by atoms with Crippen LogP contribution in [0.1, 0.15) is 33.6 Å². The summed E-state index contributed by atoms with van der Waals surface area (Å²) in [6.07, 6.45) is 2.76. The van der Waals surface area contributed by atoms with Crippen molar-refractivity contribution < 1.29 is 0 Å². The van der Waals surface area contributed by atoms with Crippen molar-refractivity contribution in [2.75, 3.05) is 0 Å². The highest BCUT2D eigenvalue weighted by Crippen LogP contribution is 2.65. The summed E-state index contributed by atoms with van der Waals surface area (Å²) in [5.74, 6) is 0. The fourth-order valence-corrected chi connectivity index (χ4v) is 3.13. The van der Waals surface area contributed by atoms with Crippen molar-refractivity contribution in [3.8, 4) is 0 Å². The second-order valence-corrected chi connectivity index (χ2v) is 7.50. The maximum Gasteiger partial charge on any atom is -0.00107 e. The SMILES string of the molecule is CC(C)(C)P(Cl)C1CC1. The molecule has 0 aromatic carbocycles. The molecule has 0 bridgehead atoms. The highest BCUT2D eigenvalue weighted by atomic mass is 35.7. The van der Waals surface area contributed by atoms with E-state index in [4.69, 9.17) is 11.2 Å². The lowest BCUT2D eigenvalue weighted by molar-refractivity contribution is 0.788. The van der Waals surface area contributed by atoms with Crippen LogP contribution in [0.5, 0.6) is 0 Å². The van der Waals surface area contributed by atoms with E-state index < -0.39 is 0 Å². The van der Waals surface area contributed by atoms with Gasteiger partial charge in [-0.15, -0.1) is 0 Å². The molecular weight excluding hydrogens is 151 g/mol. The normalized spacial score (nSPS) is 24.0. The Morgan fingerprint density at radius 1 is 1.33 bits per heavy atom. The Hall–Kier alpha value is 0.720. The molecule has 0 N–H and O–H groups in total. The van der Waals surface area contributed by atoms with Gasteiger partial charge in [-0.1, -0.05) is 32.0 Å². The molecule has 1 aliphatic rings. The quantitative estimate of drug-likeness (QED) is 0.520. The average molecular weight is 165 g/mol. The van der Waals surface area contributed by atoms with Gasteiger partial charge >= 0.3 is 0 Å². The van der Waals surface area contributed by atoms with Crippen molar-refractivity contribution in [1.82, 2.24) is 0 Å². The third-order valence-corrected chi connectivity index (χ3v) is 6.30. The molecule has 0 heterocycles. The van der Waals surface area contributed by atoms with Crippen LogP contribution in [0.25, 0.3) is 0 Å². The zero-order chi connectivity index (χ0) is 7.07. The number of hydrogen-bond acceptors (Lipinski definition) is 0. The molecule has 1 aliphatic carbocycles. The van der Waals surface area contributed by atoms with E-state index in [-0.39, 0.29) is 7.27 Å². The Balaban J connectivity index is 2.40. The molecule has 54 valence electrons. The largest absolute Gasteiger partial charge is 0.0956 e. The topological polar surface area (TPSA) is 0 Å². The molecule has 9 heavy (non-hydrogen) atoms. The molecule has 0 aromatic heterocycles. The van der Waals surface area contributed by atoms with E-state index in [1.807, 2.05) is 0 Å². The summed E-state index contributed by atoms with van der Waals surface area (Å²) in [5.41, 5.74) is 0.890. The molecule has 0 amide bonds. The Morgan fingerprint density at radius 2 is 1.78 bits per heavy atom. The van der Waals surface area contributed by atoms with Gasteiger partial charge in [-0.05, 0) is 30.9 Å². The highest BCUT2D eigenvalue weighted by Gasteiger charge is 2.36. The third-order valence-electron chi connectivity index (χ3n) is 1.51. The van der Waals surface area contributed by atoms with Crippen molar-refractivity contribution in [1.29, 1.82) is 0 Å². The van der Waals surface area contributed by atoms with Gasteiger partial charge in [0.1, 0.15) is 0 Å². The summed E-state index contributed by atoms with van der Waals surface area (Å²) >= 11 is 6.22. The summed E-state index contributed by atoms with van der Waals surface area (Å²) in [4.78, 5) is 0. The molecule has 1 saturated carbocycles. The first-order chi connectivity index (χ1) is 4.02. The smallest absolute Gasteiger partial charge is 0.00107 e. The van der Waals surface area contributed by atoms with Crippen LogP contribution in [0.4, 0.5) is 0 Å². The maximum absolute atomic E-state index is 6.22. The molecule has 1 rings (SSSR count). The molecular formula is C7H14ClP. The van der Waals surface area contributed by atoms with E-state index in [1.165, 1.54) is 12.8 Å². The summed E-state index contributed by atoms with van der Waals surface area (Å²) in [6.45, 7) is 6.72. The van der Waals surface area contributed by atoms with Gasteiger partial charge in [-0.3, -0.25) is 0 Å². The summed E-state index contributed by atoms with van der Waals surface area (Å²) in [7, 11) is -0.197. The minimum absolute atomic E-state index is 0.197. The fraction of sp³-hybridized carbons (Fsp3) is 1.00. The van der Waals surface area contributed by atoms with Crippen LogP contribution in [0.3, 0.4) is 0 Å². The Kier molecular flexibility index (Phi) is 2.08. The highest BCUT2D eigenvalue weighted by molar-refractivity contribution is 7.85. The predicted molar refractivity (Wildman–Crippen MR) is 45.5 cm³/mol. The minimum Gasteiger partial charge on any atom is -0.0956 e. The first kappa shape index (κ1) is 7.82. The molecule has 0 aliphatic heterocycles. The van der Waals surface area contributed by atoms with E-state index in [9.17, 15) is 0 Å². The standard InChI is InChI=1S/C7H14ClP/c1-7(2,3)9(8)6-4-5-6/h6H,4-5H2,1-3H3. The molecule has 0 nitrogen and oxygen atoms in total. The van der Waals surface area contributed by atoms with E-state index in [1.54, 1.807) is 0 Å². The Morgan fingerprint density at radius 3 is 1.89 bits per heavy atom. The van der Waals surface area contributed by atoms with E-state index in [0.29, 0.717) is 5.16 Å². The first-order valence-electron chi connectivity index (χ1n) is 3.47. The van der Waals surface area contributed by atoms with E-state index >= 15 is 0 Å². The van der Waals surface area contributed by atoms with Gasteiger partial charge in [-0.25, -0.2) is 0 Å².